The topological polar surface area (TPSA) is 43.4 Å². The minimum atomic E-state index is -2.66. The van der Waals surface area contributed by atoms with Gasteiger partial charge in [0.05, 0.1) is 0 Å². The summed E-state index contributed by atoms with van der Waals surface area (Å²) in [6.45, 7) is 1.76. The fourth-order valence-corrected chi connectivity index (χ4v) is 5.83. The Kier molecular flexibility index (Phi) is 5.42. The molecule has 1 aliphatic carbocycles. The molecule has 0 aliphatic heterocycles. The SMILES string of the molecule is CCC(=O)OCP(=O)(c1ccccc1)C1CCCCC1. The first kappa shape index (κ1) is 15.3. The van der Waals surface area contributed by atoms with E-state index in [0.717, 1.165) is 31.0 Å². The van der Waals surface area contributed by atoms with E-state index in [4.69, 9.17) is 4.74 Å². The molecule has 2 rings (SSSR count). The summed E-state index contributed by atoms with van der Waals surface area (Å²) >= 11 is 0. The lowest BCUT2D eigenvalue weighted by Crippen LogP contribution is -2.24. The standard InChI is InChI=1S/C16H23O3P/c1-2-16(17)19-13-20(18,14-9-5-3-6-10-14)15-11-7-4-8-12-15/h3,5-6,9-10,15H,2,4,7-8,11-13H2,1H3. The summed E-state index contributed by atoms with van der Waals surface area (Å²) in [4.78, 5) is 11.4. The van der Waals surface area contributed by atoms with Crippen LogP contribution in [0.2, 0.25) is 0 Å². The van der Waals surface area contributed by atoms with Crippen LogP contribution < -0.4 is 5.30 Å². The van der Waals surface area contributed by atoms with Gasteiger partial charge in [-0.25, -0.2) is 0 Å². The number of carbonyl (C=O) groups is 1. The van der Waals surface area contributed by atoms with Crippen molar-refractivity contribution >= 4 is 18.4 Å². The van der Waals surface area contributed by atoms with Crippen molar-refractivity contribution in [2.24, 2.45) is 0 Å². The van der Waals surface area contributed by atoms with Crippen molar-refractivity contribution in [3.63, 3.8) is 0 Å². The first-order valence-electron chi connectivity index (χ1n) is 7.47. The first-order valence-corrected chi connectivity index (χ1v) is 9.43. The molecule has 0 aromatic heterocycles. The van der Waals surface area contributed by atoms with Gasteiger partial charge in [0.15, 0.2) is 7.14 Å². The van der Waals surface area contributed by atoms with E-state index in [1.807, 2.05) is 30.3 Å². The van der Waals surface area contributed by atoms with Gasteiger partial charge in [-0.2, -0.15) is 0 Å². The molecule has 20 heavy (non-hydrogen) atoms. The molecule has 110 valence electrons. The van der Waals surface area contributed by atoms with Gasteiger partial charge in [-0.05, 0) is 12.8 Å². The predicted molar refractivity (Wildman–Crippen MR) is 81.8 cm³/mol. The molecule has 0 saturated heterocycles. The number of rotatable bonds is 5. The van der Waals surface area contributed by atoms with E-state index in [9.17, 15) is 9.36 Å². The molecule has 0 amide bonds. The second kappa shape index (κ2) is 7.08. The summed E-state index contributed by atoms with van der Waals surface area (Å²) in [5.74, 6) is -0.267. The van der Waals surface area contributed by atoms with Gasteiger partial charge in [-0.3, -0.25) is 4.79 Å². The van der Waals surface area contributed by atoms with Gasteiger partial charge in [0.25, 0.3) is 0 Å². The molecule has 1 atom stereocenters. The molecule has 3 nitrogen and oxygen atoms in total. The molecular weight excluding hydrogens is 271 g/mol. The van der Waals surface area contributed by atoms with Crippen LogP contribution in [0.1, 0.15) is 45.4 Å². The summed E-state index contributed by atoms with van der Waals surface area (Å²) in [5, 5.41) is 0.857. The highest BCUT2D eigenvalue weighted by Crippen LogP contribution is 2.54. The van der Waals surface area contributed by atoms with Crippen molar-refractivity contribution in [1.29, 1.82) is 0 Å². The largest absolute Gasteiger partial charge is 0.457 e. The average molecular weight is 294 g/mol. The van der Waals surface area contributed by atoms with Crippen LogP contribution in [0.25, 0.3) is 0 Å². The van der Waals surface area contributed by atoms with Crippen molar-refractivity contribution in [2.75, 3.05) is 6.35 Å². The summed E-state index contributed by atoms with van der Waals surface area (Å²) < 4.78 is 18.8. The van der Waals surface area contributed by atoms with Crippen LogP contribution in [0.5, 0.6) is 0 Å². The summed E-state index contributed by atoms with van der Waals surface area (Å²) in [7, 11) is -2.66. The number of benzene rings is 1. The average Bonchev–Trinajstić information content (AvgIpc) is 2.54. The van der Waals surface area contributed by atoms with Gasteiger partial charge in [0.1, 0.15) is 6.35 Å². The Morgan fingerprint density at radius 2 is 1.85 bits per heavy atom. The van der Waals surface area contributed by atoms with Gasteiger partial charge in [0, 0.05) is 17.4 Å². The van der Waals surface area contributed by atoms with Crippen LogP contribution in [0.3, 0.4) is 0 Å². The van der Waals surface area contributed by atoms with Crippen molar-refractivity contribution < 1.29 is 14.1 Å². The Morgan fingerprint density at radius 1 is 1.20 bits per heavy atom. The molecule has 4 heteroatoms. The zero-order valence-electron chi connectivity index (χ0n) is 12.1. The number of ether oxygens (including phenoxy) is 1. The highest BCUT2D eigenvalue weighted by atomic mass is 31.2. The maximum Gasteiger partial charge on any atom is 0.305 e. The van der Waals surface area contributed by atoms with E-state index < -0.39 is 7.14 Å². The van der Waals surface area contributed by atoms with Gasteiger partial charge in [-0.1, -0.05) is 56.5 Å². The normalized spacial score (nSPS) is 19.2. The summed E-state index contributed by atoms with van der Waals surface area (Å²) in [5.41, 5.74) is 0.170. The van der Waals surface area contributed by atoms with Crippen LogP contribution in [0, 0.1) is 0 Å². The molecule has 1 unspecified atom stereocenters. The van der Waals surface area contributed by atoms with E-state index >= 15 is 0 Å². The quantitative estimate of drug-likeness (QED) is 0.610. The fraction of sp³-hybridized carbons (Fsp3) is 0.562. The van der Waals surface area contributed by atoms with Crippen LogP contribution in [0.15, 0.2) is 30.3 Å². The van der Waals surface area contributed by atoms with E-state index in [1.54, 1.807) is 6.92 Å². The zero-order valence-corrected chi connectivity index (χ0v) is 13.0. The molecule has 1 aliphatic rings. The molecule has 0 bridgehead atoms. The summed E-state index contributed by atoms with van der Waals surface area (Å²) in [6.07, 6.45) is 5.84. The van der Waals surface area contributed by atoms with Crippen LogP contribution in [0.4, 0.5) is 0 Å². The van der Waals surface area contributed by atoms with E-state index in [-0.39, 0.29) is 18.0 Å². The maximum atomic E-state index is 13.5. The highest BCUT2D eigenvalue weighted by Gasteiger charge is 2.36. The number of hydrogen-bond donors (Lipinski definition) is 0. The fourth-order valence-electron chi connectivity index (χ4n) is 2.84. The Balaban J connectivity index is 2.22. The molecule has 1 fully saturated rings. The third-order valence-electron chi connectivity index (χ3n) is 4.06. The monoisotopic (exact) mass is 294 g/mol. The second-order valence-electron chi connectivity index (χ2n) is 5.42. The third-order valence-corrected chi connectivity index (χ3v) is 7.44. The lowest BCUT2D eigenvalue weighted by Gasteiger charge is -2.30. The zero-order chi connectivity index (χ0) is 14.4. The van der Waals surface area contributed by atoms with E-state index in [1.165, 1.54) is 6.42 Å². The van der Waals surface area contributed by atoms with Gasteiger partial charge < -0.3 is 9.30 Å². The highest BCUT2D eigenvalue weighted by molar-refractivity contribution is 7.72. The summed E-state index contributed by atoms with van der Waals surface area (Å²) in [6, 6.07) is 9.57. The first-order chi connectivity index (χ1) is 9.66. The lowest BCUT2D eigenvalue weighted by molar-refractivity contribution is -0.141. The van der Waals surface area contributed by atoms with Gasteiger partial charge >= 0.3 is 5.97 Å². The molecule has 0 N–H and O–H groups in total. The Morgan fingerprint density at radius 3 is 2.45 bits per heavy atom. The number of hydrogen-bond acceptors (Lipinski definition) is 3. The van der Waals surface area contributed by atoms with E-state index in [2.05, 4.69) is 0 Å². The van der Waals surface area contributed by atoms with Crippen molar-refractivity contribution in [2.45, 2.75) is 51.1 Å². The molecule has 1 aromatic carbocycles. The Bertz CT molecular complexity index is 478. The Hall–Kier alpha value is -1.08. The van der Waals surface area contributed by atoms with Gasteiger partial charge in [0.2, 0.25) is 0 Å². The molecule has 0 spiro atoms. The predicted octanol–water partition coefficient (Wildman–Crippen LogP) is 3.92. The van der Waals surface area contributed by atoms with Crippen molar-refractivity contribution in [1.82, 2.24) is 0 Å². The van der Waals surface area contributed by atoms with Crippen LogP contribution in [-0.4, -0.2) is 18.0 Å². The van der Waals surface area contributed by atoms with Crippen molar-refractivity contribution in [3.05, 3.63) is 30.3 Å². The van der Waals surface area contributed by atoms with Crippen molar-refractivity contribution in [3.8, 4) is 0 Å². The molecular formula is C16H23O3P. The minimum Gasteiger partial charge on any atom is -0.457 e. The lowest BCUT2D eigenvalue weighted by atomic mass is 10.0. The third kappa shape index (κ3) is 3.52. The maximum absolute atomic E-state index is 13.5. The smallest absolute Gasteiger partial charge is 0.305 e. The molecule has 1 saturated carbocycles. The number of carbonyl (C=O) groups excluding carboxylic acids is 1. The molecule has 0 radical (unpaired) electrons. The minimum absolute atomic E-state index is 0.0638. The second-order valence-corrected chi connectivity index (χ2v) is 8.52. The number of esters is 1. The molecule has 1 aromatic rings. The molecule has 0 heterocycles. The van der Waals surface area contributed by atoms with Crippen LogP contribution >= 0.6 is 7.14 Å². The van der Waals surface area contributed by atoms with E-state index in [0.29, 0.717) is 6.42 Å². The van der Waals surface area contributed by atoms with Crippen LogP contribution in [-0.2, 0) is 14.1 Å². The van der Waals surface area contributed by atoms with Gasteiger partial charge in [-0.15, -0.1) is 0 Å². The Labute approximate surface area is 121 Å².